The molecule has 0 unspecified atom stereocenters. The molecular formula is C33H34N4O5. The number of allylic oxidation sites excluding steroid dienone is 11. The lowest BCUT2D eigenvalue weighted by atomic mass is 9.86. The monoisotopic (exact) mass is 566 g/mol. The lowest BCUT2D eigenvalue weighted by Gasteiger charge is -2.17. The second kappa shape index (κ2) is 10.1. The molecule has 2 atom stereocenters. The minimum absolute atomic E-state index is 0.0360. The Morgan fingerprint density at radius 2 is 1.74 bits per heavy atom. The first-order chi connectivity index (χ1) is 20.0. The predicted octanol–water partition coefficient (Wildman–Crippen LogP) is 5.70. The summed E-state index contributed by atoms with van der Waals surface area (Å²) in [7, 11) is 1.38. The molecule has 0 aromatic heterocycles. The first-order valence-corrected chi connectivity index (χ1v) is 14.3. The second-order valence-electron chi connectivity index (χ2n) is 11.4. The number of carbonyl (C=O) groups is 2. The summed E-state index contributed by atoms with van der Waals surface area (Å²) in [6.45, 7) is 9.88. The Hall–Kier alpha value is -4.53. The molecule has 9 heteroatoms. The molecule has 42 heavy (non-hydrogen) atoms. The maximum absolute atomic E-state index is 12.4. The van der Waals surface area contributed by atoms with Crippen LogP contribution < -0.4 is 5.32 Å². The highest BCUT2D eigenvalue weighted by molar-refractivity contribution is 6.22. The van der Waals surface area contributed by atoms with Crippen molar-refractivity contribution in [1.82, 2.24) is 5.32 Å². The topological polar surface area (TPSA) is 133 Å². The molecule has 216 valence electrons. The lowest BCUT2D eigenvalue weighted by molar-refractivity contribution is -0.141. The van der Waals surface area contributed by atoms with Crippen LogP contribution in [-0.2, 0) is 14.3 Å². The van der Waals surface area contributed by atoms with Crippen LogP contribution in [0.2, 0.25) is 0 Å². The third kappa shape index (κ3) is 4.18. The number of aliphatic hydroxyl groups is 1. The van der Waals surface area contributed by atoms with Crippen molar-refractivity contribution in [3.8, 4) is 0 Å². The molecule has 1 aliphatic carbocycles. The highest BCUT2D eigenvalue weighted by Gasteiger charge is 2.41. The Balaban J connectivity index is 1.61. The van der Waals surface area contributed by atoms with Crippen molar-refractivity contribution in [2.45, 2.75) is 60.3 Å². The average Bonchev–Trinajstić information content (AvgIpc) is 3.70. The molecule has 0 spiro atoms. The van der Waals surface area contributed by atoms with E-state index in [4.69, 9.17) is 19.7 Å². The van der Waals surface area contributed by atoms with Gasteiger partial charge in [0, 0.05) is 47.2 Å². The Kier molecular flexibility index (Phi) is 6.63. The van der Waals surface area contributed by atoms with Gasteiger partial charge in [-0.3, -0.25) is 4.79 Å². The predicted molar refractivity (Wildman–Crippen MR) is 161 cm³/mol. The number of esters is 1. The van der Waals surface area contributed by atoms with Crippen LogP contribution in [0.1, 0.15) is 60.3 Å². The largest absolute Gasteiger partial charge is 0.511 e. The quantitative estimate of drug-likeness (QED) is 0.366. The number of hydrogen-bond acceptors (Lipinski definition) is 8. The summed E-state index contributed by atoms with van der Waals surface area (Å²) < 4.78 is 4.93. The van der Waals surface area contributed by atoms with Gasteiger partial charge in [0.05, 0.1) is 46.9 Å². The summed E-state index contributed by atoms with van der Waals surface area (Å²) in [6.07, 6.45) is 7.48. The molecular weight excluding hydrogens is 532 g/mol. The number of aliphatic carboxylic acids is 1. The van der Waals surface area contributed by atoms with Gasteiger partial charge in [-0.05, 0) is 74.1 Å². The molecule has 1 fully saturated rings. The fourth-order valence-corrected chi connectivity index (χ4v) is 6.75. The maximum Gasteiger partial charge on any atom is 0.338 e. The minimum atomic E-state index is -1.04. The Bertz CT molecular complexity index is 1730. The van der Waals surface area contributed by atoms with E-state index in [0.29, 0.717) is 35.5 Å². The molecule has 1 saturated heterocycles. The molecule has 6 aliphatic rings. The normalized spacial score (nSPS) is 24.6. The number of carbonyl (C=O) groups excluding carboxylic acids is 1. The van der Waals surface area contributed by atoms with Crippen molar-refractivity contribution >= 4 is 29.1 Å². The summed E-state index contributed by atoms with van der Waals surface area (Å²) in [5.41, 5.74) is 10.9. The first kappa shape index (κ1) is 27.6. The van der Waals surface area contributed by atoms with Gasteiger partial charge in [0.2, 0.25) is 0 Å². The van der Waals surface area contributed by atoms with Crippen LogP contribution in [0.15, 0.2) is 106 Å². The van der Waals surface area contributed by atoms with Crippen molar-refractivity contribution in [1.29, 1.82) is 0 Å². The van der Waals surface area contributed by atoms with Crippen LogP contribution in [0.25, 0.3) is 0 Å². The molecule has 5 heterocycles. The number of aliphatic imine (C=N–C) groups is 3. The number of carboxylic acid groups (broad SMARTS) is 1. The average molecular weight is 567 g/mol. The van der Waals surface area contributed by atoms with Crippen LogP contribution in [0.5, 0.6) is 0 Å². The van der Waals surface area contributed by atoms with Crippen molar-refractivity contribution in [3.05, 3.63) is 91.5 Å². The van der Waals surface area contributed by atoms with Crippen LogP contribution >= 0.6 is 0 Å². The Morgan fingerprint density at radius 1 is 1.02 bits per heavy atom. The fourth-order valence-electron chi connectivity index (χ4n) is 6.75. The molecule has 9 nitrogen and oxygen atoms in total. The van der Waals surface area contributed by atoms with Gasteiger partial charge in [0.25, 0.3) is 0 Å². The molecule has 0 radical (unpaired) electrons. The van der Waals surface area contributed by atoms with Gasteiger partial charge < -0.3 is 20.3 Å². The lowest BCUT2D eigenvalue weighted by Crippen LogP contribution is -2.16. The summed E-state index contributed by atoms with van der Waals surface area (Å²) in [5.74, 6) is -1.16. The van der Waals surface area contributed by atoms with Crippen molar-refractivity contribution in [2.75, 3.05) is 7.11 Å². The van der Waals surface area contributed by atoms with E-state index in [2.05, 4.69) is 19.2 Å². The van der Waals surface area contributed by atoms with Gasteiger partial charge >= 0.3 is 11.9 Å². The van der Waals surface area contributed by atoms with Gasteiger partial charge in [0.1, 0.15) is 5.76 Å². The van der Waals surface area contributed by atoms with Gasteiger partial charge in [-0.2, -0.15) is 0 Å². The summed E-state index contributed by atoms with van der Waals surface area (Å²) in [4.78, 5) is 39.3. The smallest absolute Gasteiger partial charge is 0.338 e. The molecule has 8 bridgehead atoms. The van der Waals surface area contributed by atoms with Crippen LogP contribution in [0.4, 0.5) is 0 Å². The molecule has 0 aromatic rings. The van der Waals surface area contributed by atoms with E-state index < -0.39 is 5.97 Å². The van der Waals surface area contributed by atoms with E-state index >= 15 is 0 Å². The van der Waals surface area contributed by atoms with E-state index in [1.807, 2.05) is 26.0 Å². The highest BCUT2D eigenvalue weighted by Crippen LogP contribution is 2.46. The first-order valence-electron chi connectivity index (χ1n) is 14.3. The van der Waals surface area contributed by atoms with Crippen molar-refractivity contribution in [2.24, 2.45) is 26.8 Å². The molecule has 0 amide bonds. The zero-order valence-electron chi connectivity index (χ0n) is 24.7. The minimum Gasteiger partial charge on any atom is -0.511 e. The highest BCUT2D eigenvalue weighted by atomic mass is 16.5. The second-order valence-corrected chi connectivity index (χ2v) is 11.4. The number of nitrogens with one attached hydrogen (secondary N) is 1. The molecule has 0 saturated carbocycles. The number of hydrogen-bond donors (Lipinski definition) is 3. The zero-order chi connectivity index (χ0) is 30.0. The number of ether oxygens (including phenoxy) is 1. The van der Waals surface area contributed by atoms with E-state index in [1.54, 1.807) is 13.0 Å². The fraction of sp³-hybridized carbons (Fsp3) is 0.364. The number of aliphatic hydroxyl groups excluding tert-OH is 1. The summed E-state index contributed by atoms with van der Waals surface area (Å²) in [6, 6.07) is 0. The van der Waals surface area contributed by atoms with E-state index in [9.17, 15) is 19.8 Å². The molecule has 0 aromatic carbocycles. The zero-order valence-corrected chi connectivity index (χ0v) is 24.7. The van der Waals surface area contributed by atoms with Gasteiger partial charge in [-0.15, -0.1) is 0 Å². The molecule has 6 rings (SSSR count). The summed E-state index contributed by atoms with van der Waals surface area (Å²) in [5, 5.41) is 24.9. The van der Waals surface area contributed by atoms with E-state index in [1.165, 1.54) is 7.11 Å². The number of nitrogens with zero attached hydrogens (tertiary/aromatic N) is 3. The number of rotatable bonds is 5. The van der Waals surface area contributed by atoms with Gasteiger partial charge in [0.15, 0.2) is 0 Å². The SMILES string of the molecule is CCC1=C(C)C2=NC1=CC1=C(C)C3=C(O)CC(=C4NC(=CC5=NC(=C2)C(C(=O)O)=C5C)[C@@H](C)[C@@H]4CCC(=O)OC)C3=N1. The van der Waals surface area contributed by atoms with E-state index in [0.717, 1.165) is 62.8 Å². The third-order valence-electron chi connectivity index (χ3n) is 9.15. The maximum atomic E-state index is 12.4. The Morgan fingerprint density at radius 3 is 2.43 bits per heavy atom. The van der Waals surface area contributed by atoms with Crippen molar-refractivity contribution < 1.29 is 24.5 Å². The summed E-state index contributed by atoms with van der Waals surface area (Å²) >= 11 is 0. The molecule has 5 aliphatic heterocycles. The number of fused-ring (bicyclic) bond motifs is 5. The third-order valence-corrected chi connectivity index (χ3v) is 9.15. The van der Waals surface area contributed by atoms with Gasteiger partial charge in [-0.25, -0.2) is 19.8 Å². The number of methoxy groups -OCH3 is 1. The van der Waals surface area contributed by atoms with Crippen LogP contribution in [0, 0.1) is 11.8 Å². The standard InChI is InChI=1S/C33H34N4O5/c1-7-18-14(2)21-13-26-29(33(40)41)16(4)23(35-26)11-22-15(3)19(8-9-28(39)42-6)31(36-22)20-10-27(38)30-17(5)24(37-32(20)30)12-25(18)34-21/h11-13,15,19,36,38H,7-10H2,1-6H3,(H,40,41)/t15-,19-/m0/s1. The van der Waals surface area contributed by atoms with Crippen LogP contribution in [-0.4, -0.2) is 46.4 Å². The molecule has 3 N–H and O–H groups in total. The number of carboxylic acids is 1. The Labute approximate surface area is 244 Å². The van der Waals surface area contributed by atoms with Crippen LogP contribution in [0.3, 0.4) is 0 Å². The van der Waals surface area contributed by atoms with E-state index in [-0.39, 0.29) is 35.6 Å². The van der Waals surface area contributed by atoms with Gasteiger partial charge in [-0.1, -0.05) is 13.8 Å². The van der Waals surface area contributed by atoms with Crippen molar-refractivity contribution in [3.63, 3.8) is 0 Å².